The molecule has 2 heterocycles. The highest BCUT2D eigenvalue weighted by molar-refractivity contribution is 6.36. The molecule has 1 amide bonds. The highest BCUT2D eigenvalue weighted by atomic mass is 35.5. The Morgan fingerprint density at radius 1 is 1.25 bits per heavy atom. The van der Waals surface area contributed by atoms with Crippen LogP contribution in [0.5, 0.6) is 0 Å². The van der Waals surface area contributed by atoms with Crippen LogP contribution in [0.15, 0.2) is 36.5 Å². The molecule has 2 N–H and O–H groups in total. The minimum Gasteiger partial charge on any atom is -0.380 e. The number of piperidine rings is 1. The first-order chi connectivity index (χ1) is 15.4. The van der Waals surface area contributed by atoms with Gasteiger partial charge in [-0.15, -0.1) is 0 Å². The summed E-state index contributed by atoms with van der Waals surface area (Å²) in [4.78, 5) is 17.9. The summed E-state index contributed by atoms with van der Waals surface area (Å²) in [5.41, 5.74) is 2.63. The topological polar surface area (TPSA) is 81.1 Å². The van der Waals surface area contributed by atoms with E-state index in [4.69, 9.17) is 23.2 Å². The average Bonchev–Trinajstić information content (AvgIpc) is 2.77. The number of fused-ring (bicyclic) bond motifs is 1. The number of likely N-dealkylation sites (tertiary alicyclic amines) is 1. The number of benzene rings is 2. The van der Waals surface area contributed by atoms with Gasteiger partial charge >= 0.3 is 0 Å². The van der Waals surface area contributed by atoms with E-state index < -0.39 is 5.82 Å². The van der Waals surface area contributed by atoms with E-state index in [0.717, 1.165) is 25.1 Å². The Morgan fingerprint density at radius 3 is 2.75 bits per heavy atom. The van der Waals surface area contributed by atoms with Gasteiger partial charge in [0, 0.05) is 49.0 Å². The Bertz CT molecular complexity index is 1240. The Hall–Kier alpha value is -3.08. The van der Waals surface area contributed by atoms with Crippen LogP contribution in [-0.2, 0) is 4.79 Å². The summed E-state index contributed by atoms with van der Waals surface area (Å²) >= 11 is 12.4. The van der Waals surface area contributed by atoms with E-state index in [0.29, 0.717) is 39.4 Å². The molecule has 0 spiro atoms. The quantitative estimate of drug-likeness (QED) is 0.508. The Kier molecular flexibility index (Phi) is 6.35. The second kappa shape index (κ2) is 9.19. The highest BCUT2D eigenvalue weighted by Crippen LogP contribution is 2.36. The van der Waals surface area contributed by atoms with Crippen molar-refractivity contribution in [3.63, 3.8) is 0 Å². The second-order valence-corrected chi connectivity index (χ2v) is 8.53. The van der Waals surface area contributed by atoms with Crippen LogP contribution >= 0.6 is 23.2 Å². The predicted octanol–water partition coefficient (Wildman–Crippen LogP) is 5.72. The van der Waals surface area contributed by atoms with Crippen molar-refractivity contribution < 1.29 is 9.18 Å². The number of nitrogens with zero attached hydrogens (tertiary/aromatic N) is 3. The molecule has 6 nitrogen and oxygen atoms in total. The van der Waals surface area contributed by atoms with Crippen LogP contribution in [0, 0.1) is 17.1 Å². The number of pyridine rings is 1. The third-order valence-corrected chi connectivity index (χ3v) is 6.05. The van der Waals surface area contributed by atoms with E-state index in [1.807, 2.05) is 11.0 Å². The summed E-state index contributed by atoms with van der Waals surface area (Å²) in [6.07, 6.45) is 3.28. The smallest absolute Gasteiger partial charge is 0.219 e. The lowest BCUT2D eigenvalue weighted by atomic mass is 10.0. The van der Waals surface area contributed by atoms with Crippen LogP contribution in [0.25, 0.3) is 10.9 Å². The van der Waals surface area contributed by atoms with Crippen molar-refractivity contribution >= 4 is 57.1 Å². The van der Waals surface area contributed by atoms with Crippen LogP contribution in [0.2, 0.25) is 10.0 Å². The van der Waals surface area contributed by atoms with E-state index in [1.165, 1.54) is 24.4 Å². The first-order valence-electron chi connectivity index (χ1n) is 10.1. The van der Waals surface area contributed by atoms with Gasteiger partial charge in [-0.1, -0.05) is 23.2 Å². The molecule has 0 saturated carbocycles. The van der Waals surface area contributed by atoms with Crippen molar-refractivity contribution in [3.8, 4) is 6.07 Å². The van der Waals surface area contributed by atoms with Crippen molar-refractivity contribution in [1.82, 2.24) is 9.88 Å². The molecule has 3 aromatic rings. The molecule has 164 valence electrons. The molecule has 1 aliphatic rings. The molecule has 0 radical (unpaired) electrons. The Labute approximate surface area is 194 Å². The van der Waals surface area contributed by atoms with E-state index in [-0.39, 0.29) is 17.0 Å². The van der Waals surface area contributed by atoms with Gasteiger partial charge in [0.25, 0.3) is 0 Å². The average molecular weight is 472 g/mol. The van der Waals surface area contributed by atoms with Crippen LogP contribution in [-0.4, -0.2) is 34.9 Å². The number of nitriles is 1. The summed E-state index contributed by atoms with van der Waals surface area (Å²) in [5, 5.41) is 17.3. The molecule has 1 aliphatic heterocycles. The molecule has 1 saturated heterocycles. The first kappa shape index (κ1) is 22.1. The van der Waals surface area contributed by atoms with E-state index in [1.54, 1.807) is 13.0 Å². The zero-order chi connectivity index (χ0) is 22.8. The number of aromatic nitrogens is 1. The fourth-order valence-electron chi connectivity index (χ4n) is 3.90. The van der Waals surface area contributed by atoms with E-state index in [2.05, 4.69) is 21.7 Å². The fourth-order valence-corrected chi connectivity index (χ4v) is 4.35. The van der Waals surface area contributed by atoms with E-state index >= 15 is 0 Å². The monoisotopic (exact) mass is 471 g/mol. The largest absolute Gasteiger partial charge is 0.380 e. The molecule has 1 fully saturated rings. The molecular formula is C23H20Cl2FN5O. The summed E-state index contributed by atoms with van der Waals surface area (Å²) in [5.74, 6) is -0.473. The number of hydrogen-bond donors (Lipinski definition) is 2. The van der Waals surface area contributed by atoms with Crippen molar-refractivity contribution in [2.24, 2.45) is 0 Å². The highest BCUT2D eigenvalue weighted by Gasteiger charge is 2.22. The molecule has 32 heavy (non-hydrogen) atoms. The van der Waals surface area contributed by atoms with Gasteiger partial charge in [0.15, 0.2) is 0 Å². The lowest BCUT2D eigenvalue weighted by Gasteiger charge is -2.33. The van der Waals surface area contributed by atoms with Gasteiger partial charge in [-0.25, -0.2) is 4.39 Å². The lowest BCUT2D eigenvalue weighted by Crippen LogP contribution is -2.44. The zero-order valence-corrected chi connectivity index (χ0v) is 18.8. The summed E-state index contributed by atoms with van der Waals surface area (Å²) in [6.45, 7) is 2.94. The number of hydrogen-bond acceptors (Lipinski definition) is 5. The maximum Gasteiger partial charge on any atom is 0.219 e. The standard InChI is InChI=1S/C23H20Cl2FN5O/c1-13(32)31-6-2-3-16(12-31)29-17-7-18-22(30-15-4-5-21(26)19(24)8-15)14(10-27)11-28-23(18)20(25)9-17/h4-5,7-9,11,16,29H,2-3,6,12H2,1H3,(H,28,30). The Morgan fingerprint density at radius 2 is 2.03 bits per heavy atom. The first-order valence-corrected chi connectivity index (χ1v) is 10.9. The summed E-state index contributed by atoms with van der Waals surface area (Å²) in [6, 6.07) is 10.1. The van der Waals surface area contributed by atoms with Crippen LogP contribution in [0.3, 0.4) is 0 Å². The van der Waals surface area contributed by atoms with Gasteiger partial charge in [-0.3, -0.25) is 9.78 Å². The van der Waals surface area contributed by atoms with Crippen molar-refractivity contribution in [2.45, 2.75) is 25.8 Å². The van der Waals surface area contributed by atoms with Crippen molar-refractivity contribution in [2.75, 3.05) is 23.7 Å². The molecule has 2 aromatic carbocycles. The molecule has 1 atom stereocenters. The third-order valence-electron chi connectivity index (χ3n) is 5.47. The van der Waals surface area contributed by atoms with Gasteiger partial charge in [-0.05, 0) is 43.2 Å². The molecule has 0 bridgehead atoms. The van der Waals surface area contributed by atoms with Gasteiger partial charge in [0.1, 0.15) is 11.9 Å². The van der Waals surface area contributed by atoms with Crippen molar-refractivity contribution in [3.05, 3.63) is 58.0 Å². The fraction of sp³-hybridized carbons (Fsp3) is 0.261. The van der Waals surface area contributed by atoms with Gasteiger partial charge < -0.3 is 15.5 Å². The number of anilines is 3. The number of rotatable bonds is 4. The maximum absolute atomic E-state index is 13.6. The molecular weight excluding hydrogens is 452 g/mol. The number of halogens is 3. The molecule has 1 aromatic heterocycles. The van der Waals surface area contributed by atoms with Crippen LogP contribution in [0.1, 0.15) is 25.3 Å². The minimum absolute atomic E-state index is 0.0282. The summed E-state index contributed by atoms with van der Waals surface area (Å²) < 4.78 is 13.6. The molecule has 0 aliphatic carbocycles. The van der Waals surface area contributed by atoms with Crippen LogP contribution in [0.4, 0.5) is 21.5 Å². The molecule has 1 unspecified atom stereocenters. The zero-order valence-electron chi connectivity index (χ0n) is 17.3. The second-order valence-electron chi connectivity index (χ2n) is 7.72. The third kappa shape index (κ3) is 4.57. The van der Waals surface area contributed by atoms with Gasteiger partial charge in [-0.2, -0.15) is 5.26 Å². The maximum atomic E-state index is 13.6. The van der Waals surface area contributed by atoms with Crippen LogP contribution < -0.4 is 10.6 Å². The molecule has 9 heteroatoms. The summed E-state index contributed by atoms with van der Waals surface area (Å²) in [7, 11) is 0. The Balaban J connectivity index is 1.72. The number of nitrogens with one attached hydrogen (secondary N) is 2. The normalized spacial score (nSPS) is 16.0. The predicted molar refractivity (Wildman–Crippen MR) is 125 cm³/mol. The van der Waals surface area contributed by atoms with Gasteiger partial charge in [0.05, 0.1) is 26.8 Å². The lowest BCUT2D eigenvalue weighted by molar-refractivity contribution is -0.129. The van der Waals surface area contributed by atoms with Gasteiger partial charge in [0.2, 0.25) is 5.91 Å². The number of carbonyl (C=O) groups is 1. The van der Waals surface area contributed by atoms with Crippen molar-refractivity contribution in [1.29, 1.82) is 5.26 Å². The number of carbonyl (C=O) groups excluding carboxylic acids is 1. The minimum atomic E-state index is -0.529. The number of amides is 1. The molecule has 4 rings (SSSR count). The van der Waals surface area contributed by atoms with E-state index in [9.17, 15) is 14.4 Å². The SMILES string of the molecule is CC(=O)N1CCCC(Nc2cc(Cl)c3ncc(C#N)c(Nc4ccc(F)c(Cl)c4)c3c2)C1.